The topological polar surface area (TPSA) is 78.1 Å². The highest BCUT2D eigenvalue weighted by Crippen LogP contribution is 2.21. The Morgan fingerprint density at radius 1 is 1.21 bits per heavy atom. The molecule has 1 aliphatic heterocycles. The first kappa shape index (κ1) is 19.1. The number of likely N-dealkylation sites (tertiary alicyclic amines) is 1. The van der Waals surface area contributed by atoms with Crippen LogP contribution in [0.4, 0.5) is 0 Å². The normalized spacial score (nSPS) is 18.5. The summed E-state index contributed by atoms with van der Waals surface area (Å²) >= 11 is 0. The van der Waals surface area contributed by atoms with E-state index in [9.17, 15) is 8.42 Å². The van der Waals surface area contributed by atoms with Gasteiger partial charge in [0.25, 0.3) is 0 Å². The molecule has 1 atom stereocenters. The number of fused-ring (bicyclic) bond motifs is 1. The van der Waals surface area contributed by atoms with Gasteiger partial charge in [-0.15, -0.1) is 0 Å². The molecule has 6 nitrogen and oxygen atoms in total. The van der Waals surface area contributed by atoms with E-state index in [4.69, 9.17) is 0 Å². The van der Waals surface area contributed by atoms with E-state index >= 15 is 0 Å². The van der Waals surface area contributed by atoms with Crippen molar-refractivity contribution >= 4 is 20.9 Å². The molecule has 0 spiro atoms. The highest BCUT2D eigenvalue weighted by atomic mass is 32.2. The first-order valence-electron chi connectivity index (χ1n) is 9.70. The van der Waals surface area contributed by atoms with Crippen molar-refractivity contribution in [2.45, 2.75) is 31.2 Å². The number of aryl methyl sites for hydroxylation is 1. The number of aromatic nitrogens is 2. The molecule has 2 N–H and O–H groups in total. The zero-order valence-electron chi connectivity index (χ0n) is 16.1. The molecule has 0 bridgehead atoms. The van der Waals surface area contributed by atoms with E-state index < -0.39 is 10.0 Å². The van der Waals surface area contributed by atoms with Crippen molar-refractivity contribution in [1.82, 2.24) is 19.8 Å². The molecule has 0 amide bonds. The Bertz CT molecular complexity index is 1040. The van der Waals surface area contributed by atoms with Gasteiger partial charge >= 0.3 is 0 Å². The summed E-state index contributed by atoms with van der Waals surface area (Å²) in [5.41, 5.74) is 3.35. The maximum absolute atomic E-state index is 12.5. The molecule has 0 radical (unpaired) electrons. The average Bonchev–Trinajstić information content (AvgIpc) is 3.15. The van der Waals surface area contributed by atoms with Crippen molar-refractivity contribution in [3.05, 3.63) is 59.8 Å². The fourth-order valence-corrected chi connectivity index (χ4v) is 4.95. The monoisotopic (exact) mass is 398 g/mol. The van der Waals surface area contributed by atoms with Crippen molar-refractivity contribution in [3.8, 4) is 0 Å². The van der Waals surface area contributed by atoms with Crippen LogP contribution in [0.3, 0.4) is 0 Å². The van der Waals surface area contributed by atoms with Crippen molar-refractivity contribution in [1.29, 1.82) is 0 Å². The SMILES string of the molecule is Cc1ccc(S(=O)(=O)NCC2CCCN(Cc3ccc4cn[nH]c4c3)C2)cc1. The third kappa shape index (κ3) is 4.43. The van der Waals surface area contributed by atoms with Gasteiger partial charge in [0, 0.05) is 25.0 Å². The van der Waals surface area contributed by atoms with E-state index in [0.29, 0.717) is 17.4 Å². The summed E-state index contributed by atoms with van der Waals surface area (Å²) in [5.74, 6) is 0.324. The Labute approximate surface area is 166 Å². The molecule has 148 valence electrons. The molecule has 2 heterocycles. The molecule has 1 unspecified atom stereocenters. The molecule has 28 heavy (non-hydrogen) atoms. The fourth-order valence-electron chi connectivity index (χ4n) is 3.83. The van der Waals surface area contributed by atoms with Crippen LogP contribution in [0.25, 0.3) is 10.9 Å². The van der Waals surface area contributed by atoms with E-state index in [-0.39, 0.29) is 0 Å². The molecular formula is C21H26N4O2S. The minimum atomic E-state index is -3.45. The molecule has 3 aromatic rings. The Morgan fingerprint density at radius 2 is 2.04 bits per heavy atom. The number of hydrogen-bond acceptors (Lipinski definition) is 4. The summed E-state index contributed by atoms with van der Waals surface area (Å²) in [4.78, 5) is 2.74. The Kier molecular flexibility index (Phi) is 5.48. The van der Waals surface area contributed by atoms with E-state index in [1.165, 1.54) is 5.56 Å². The summed E-state index contributed by atoms with van der Waals surface area (Å²) in [5, 5.41) is 8.21. The first-order valence-corrected chi connectivity index (χ1v) is 11.2. The molecule has 1 aromatic heterocycles. The lowest BCUT2D eigenvalue weighted by molar-refractivity contribution is 0.169. The quantitative estimate of drug-likeness (QED) is 0.669. The summed E-state index contributed by atoms with van der Waals surface area (Å²) in [6.45, 7) is 5.24. The minimum Gasteiger partial charge on any atom is -0.299 e. The zero-order chi connectivity index (χ0) is 19.6. The third-order valence-electron chi connectivity index (χ3n) is 5.41. The average molecular weight is 399 g/mol. The fraction of sp³-hybridized carbons (Fsp3) is 0.381. The largest absolute Gasteiger partial charge is 0.299 e. The summed E-state index contributed by atoms with van der Waals surface area (Å²) in [6.07, 6.45) is 3.96. The van der Waals surface area contributed by atoms with E-state index in [0.717, 1.165) is 48.9 Å². The van der Waals surface area contributed by atoms with Crippen molar-refractivity contribution in [3.63, 3.8) is 0 Å². The molecule has 1 saturated heterocycles. The highest BCUT2D eigenvalue weighted by molar-refractivity contribution is 7.89. The number of H-pyrrole nitrogens is 1. The molecular weight excluding hydrogens is 372 g/mol. The Balaban J connectivity index is 1.35. The summed E-state index contributed by atoms with van der Waals surface area (Å²) in [6, 6.07) is 13.4. The lowest BCUT2D eigenvalue weighted by atomic mass is 9.98. The standard InChI is InChI=1S/C21H26N4O2S/c1-16-4-8-20(9-5-16)28(26,27)23-12-18-3-2-10-25(15-18)14-17-6-7-19-13-22-24-21(19)11-17/h4-9,11,13,18,23H,2-3,10,12,14-15H2,1H3,(H,22,24). The molecule has 2 aromatic carbocycles. The molecule has 1 aliphatic rings. The lowest BCUT2D eigenvalue weighted by Crippen LogP contribution is -2.40. The van der Waals surface area contributed by atoms with Crippen molar-refractivity contribution < 1.29 is 8.42 Å². The van der Waals surface area contributed by atoms with Gasteiger partial charge in [-0.2, -0.15) is 5.10 Å². The van der Waals surface area contributed by atoms with Gasteiger partial charge in [-0.25, -0.2) is 13.1 Å². The molecule has 1 fully saturated rings. The number of rotatable bonds is 6. The van der Waals surface area contributed by atoms with Crippen LogP contribution >= 0.6 is 0 Å². The number of sulfonamides is 1. The predicted octanol–water partition coefficient (Wildman–Crippen LogP) is 3.06. The van der Waals surface area contributed by atoms with Gasteiger partial charge in [0.2, 0.25) is 10.0 Å². The third-order valence-corrected chi connectivity index (χ3v) is 6.85. The zero-order valence-corrected chi connectivity index (χ0v) is 16.9. The van der Waals surface area contributed by atoms with Gasteiger partial charge in [-0.1, -0.05) is 29.8 Å². The van der Waals surface area contributed by atoms with Crippen LogP contribution in [0.5, 0.6) is 0 Å². The van der Waals surface area contributed by atoms with Gasteiger partial charge < -0.3 is 0 Å². The van der Waals surface area contributed by atoms with Crippen LogP contribution in [-0.4, -0.2) is 43.1 Å². The number of hydrogen-bond donors (Lipinski definition) is 2. The second-order valence-corrected chi connectivity index (χ2v) is 9.47. The molecule has 7 heteroatoms. The Morgan fingerprint density at radius 3 is 2.86 bits per heavy atom. The maximum Gasteiger partial charge on any atom is 0.240 e. The van der Waals surface area contributed by atoms with Crippen LogP contribution in [0.15, 0.2) is 53.6 Å². The van der Waals surface area contributed by atoms with Crippen LogP contribution < -0.4 is 4.72 Å². The maximum atomic E-state index is 12.5. The molecule has 0 aliphatic carbocycles. The summed E-state index contributed by atoms with van der Waals surface area (Å²) in [7, 11) is -3.45. The number of nitrogens with zero attached hydrogens (tertiary/aromatic N) is 2. The van der Waals surface area contributed by atoms with Gasteiger partial charge in [0.1, 0.15) is 0 Å². The molecule has 0 saturated carbocycles. The van der Waals surface area contributed by atoms with Gasteiger partial charge in [-0.3, -0.25) is 10.00 Å². The number of aromatic amines is 1. The smallest absolute Gasteiger partial charge is 0.240 e. The second kappa shape index (κ2) is 8.03. The summed E-state index contributed by atoms with van der Waals surface area (Å²) < 4.78 is 27.8. The number of nitrogens with one attached hydrogen (secondary N) is 2. The van der Waals surface area contributed by atoms with Crippen LogP contribution in [-0.2, 0) is 16.6 Å². The van der Waals surface area contributed by atoms with E-state index in [1.807, 2.05) is 25.3 Å². The van der Waals surface area contributed by atoms with Crippen LogP contribution in [0.1, 0.15) is 24.0 Å². The first-order chi connectivity index (χ1) is 13.5. The predicted molar refractivity (Wildman–Crippen MR) is 110 cm³/mol. The molecule has 4 rings (SSSR count). The second-order valence-electron chi connectivity index (χ2n) is 7.70. The Hall–Kier alpha value is -2.22. The van der Waals surface area contributed by atoms with Crippen molar-refractivity contribution in [2.75, 3.05) is 19.6 Å². The number of benzene rings is 2. The van der Waals surface area contributed by atoms with Crippen molar-refractivity contribution in [2.24, 2.45) is 5.92 Å². The van der Waals surface area contributed by atoms with E-state index in [1.54, 1.807) is 12.1 Å². The lowest BCUT2D eigenvalue weighted by Gasteiger charge is -2.32. The van der Waals surface area contributed by atoms with Gasteiger partial charge in [0.05, 0.1) is 16.6 Å². The van der Waals surface area contributed by atoms with Gasteiger partial charge in [0.15, 0.2) is 0 Å². The number of piperidine rings is 1. The minimum absolute atomic E-state index is 0.324. The van der Waals surface area contributed by atoms with Crippen LogP contribution in [0.2, 0.25) is 0 Å². The highest BCUT2D eigenvalue weighted by Gasteiger charge is 2.22. The van der Waals surface area contributed by atoms with E-state index in [2.05, 4.69) is 38.0 Å². The van der Waals surface area contributed by atoms with Gasteiger partial charge in [-0.05, 0) is 56.0 Å². The van der Waals surface area contributed by atoms with Crippen LogP contribution in [0, 0.1) is 12.8 Å².